The predicted octanol–water partition coefficient (Wildman–Crippen LogP) is 1.87. The maximum absolute atomic E-state index is 8.88. The SMILES string of the molecule is OCC1=NC(c2ccccc2)CS1. The molecule has 0 aliphatic carbocycles. The highest BCUT2D eigenvalue weighted by molar-refractivity contribution is 8.14. The Hall–Kier alpha value is -0.800. The largest absolute Gasteiger partial charge is 0.390 e. The van der Waals surface area contributed by atoms with Gasteiger partial charge in [0.25, 0.3) is 0 Å². The third kappa shape index (κ3) is 1.92. The summed E-state index contributed by atoms with van der Waals surface area (Å²) in [5, 5.41) is 9.73. The van der Waals surface area contributed by atoms with Crippen molar-refractivity contribution in [2.75, 3.05) is 12.4 Å². The second-order valence-electron chi connectivity index (χ2n) is 2.92. The van der Waals surface area contributed by atoms with Gasteiger partial charge in [0.2, 0.25) is 0 Å². The van der Waals surface area contributed by atoms with Crippen LogP contribution in [0, 0.1) is 0 Å². The van der Waals surface area contributed by atoms with Gasteiger partial charge in [0, 0.05) is 5.75 Å². The van der Waals surface area contributed by atoms with Gasteiger partial charge in [-0.2, -0.15) is 0 Å². The Morgan fingerprint density at radius 3 is 2.77 bits per heavy atom. The molecule has 0 spiro atoms. The molecule has 1 atom stereocenters. The molecule has 1 aliphatic heterocycles. The van der Waals surface area contributed by atoms with Gasteiger partial charge >= 0.3 is 0 Å². The maximum atomic E-state index is 8.88. The lowest BCUT2D eigenvalue weighted by molar-refractivity contribution is 0.360. The van der Waals surface area contributed by atoms with Crippen LogP contribution in [0.5, 0.6) is 0 Å². The molecule has 1 heterocycles. The Labute approximate surface area is 81.7 Å². The minimum atomic E-state index is 0.0774. The molecule has 0 fully saturated rings. The number of aliphatic hydroxyl groups is 1. The summed E-state index contributed by atoms with van der Waals surface area (Å²) in [6.07, 6.45) is 0. The summed E-state index contributed by atoms with van der Waals surface area (Å²) in [6, 6.07) is 10.4. The fraction of sp³-hybridized carbons (Fsp3) is 0.300. The van der Waals surface area contributed by atoms with Crippen molar-refractivity contribution in [2.24, 2.45) is 4.99 Å². The second-order valence-corrected chi connectivity index (χ2v) is 4.01. The normalized spacial score (nSPS) is 21.6. The van der Waals surface area contributed by atoms with E-state index in [1.54, 1.807) is 11.8 Å². The molecule has 0 radical (unpaired) electrons. The van der Waals surface area contributed by atoms with E-state index in [4.69, 9.17) is 5.11 Å². The highest BCUT2D eigenvalue weighted by Gasteiger charge is 2.18. The van der Waals surface area contributed by atoms with Gasteiger partial charge in [-0.15, -0.1) is 11.8 Å². The molecule has 3 heteroatoms. The predicted molar refractivity (Wildman–Crippen MR) is 56.2 cm³/mol. The van der Waals surface area contributed by atoms with E-state index in [9.17, 15) is 0 Å². The van der Waals surface area contributed by atoms with Gasteiger partial charge in [0.05, 0.1) is 17.7 Å². The van der Waals surface area contributed by atoms with Gasteiger partial charge in [-0.3, -0.25) is 4.99 Å². The van der Waals surface area contributed by atoms with E-state index in [0.717, 1.165) is 10.8 Å². The number of rotatable bonds is 2. The van der Waals surface area contributed by atoms with Crippen molar-refractivity contribution in [1.82, 2.24) is 0 Å². The van der Waals surface area contributed by atoms with Crippen LogP contribution >= 0.6 is 11.8 Å². The molecule has 0 bridgehead atoms. The van der Waals surface area contributed by atoms with Crippen LogP contribution in [0.1, 0.15) is 11.6 Å². The molecule has 1 aliphatic rings. The zero-order chi connectivity index (χ0) is 9.10. The van der Waals surface area contributed by atoms with E-state index in [0.29, 0.717) is 0 Å². The van der Waals surface area contributed by atoms with Crippen molar-refractivity contribution in [3.8, 4) is 0 Å². The van der Waals surface area contributed by atoms with Gasteiger partial charge in [0.15, 0.2) is 0 Å². The molecule has 0 saturated heterocycles. The molecule has 2 rings (SSSR count). The quantitative estimate of drug-likeness (QED) is 0.777. The van der Waals surface area contributed by atoms with Crippen LogP contribution in [0.4, 0.5) is 0 Å². The molecule has 1 aromatic rings. The average Bonchev–Trinajstić information content (AvgIpc) is 2.67. The lowest BCUT2D eigenvalue weighted by Gasteiger charge is -2.04. The van der Waals surface area contributed by atoms with Crippen molar-refractivity contribution in [1.29, 1.82) is 0 Å². The van der Waals surface area contributed by atoms with Crippen molar-refractivity contribution >= 4 is 16.8 Å². The Balaban J connectivity index is 2.16. The molecular weight excluding hydrogens is 182 g/mol. The van der Waals surface area contributed by atoms with Crippen molar-refractivity contribution in [3.05, 3.63) is 35.9 Å². The van der Waals surface area contributed by atoms with Crippen LogP contribution in [-0.2, 0) is 0 Å². The van der Waals surface area contributed by atoms with Gasteiger partial charge in [-0.05, 0) is 5.56 Å². The summed E-state index contributed by atoms with van der Waals surface area (Å²) in [4.78, 5) is 4.41. The Kier molecular flexibility index (Phi) is 2.66. The standard InChI is InChI=1S/C10H11NOS/c12-6-10-11-9(7-13-10)8-4-2-1-3-5-8/h1-5,9,12H,6-7H2. The number of nitrogens with zero attached hydrogens (tertiary/aromatic N) is 1. The highest BCUT2D eigenvalue weighted by Crippen LogP contribution is 2.29. The molecule has 0 amide bonds. The first kappa shape index (κ1) is 8.78. The third-order valence-electron chi connectivity index (χ3n) is 2.03. The minimum absolute atomic E-state index is 0.0774. The van der Waals surface area contributed by atoms with Gasteiger partial charge in [-0.25, -0.2) is 0 Å². The smallest absolute Gasteiger partial charge is 0.0940 e. The van der Waals surface area contributed by atoms with E-state index >= 15 is 0 Å². The number of aliphatic hydroxyl groups excluding tert-OH is 1. The van der Waals surface area contributed by atoms with E-state index in [-0.39, 0.29) is 12.6 Å². The molecule has 1 aromatic carbocycles. The van der Waals surface area contributed by atoms with Crippen molar-refractivity contribution < 1.29 is 5.11 Å². The Morgan fingerprint density at radius 1 is 1.38 bits per heavy atom. The van der Waals surface area contributed by atoms with Gasteiger partial charge in [-0.1, -0.05) is 30.3 Å². The summed E-state index contributed by atoms with van der Waals surface area (Å²) < 4.78 is 0. The molecule has 0 saturated carbocycles. The van der Waals surface area contributed by atoms with E-state index in [1.165, 1.54) is 5.56 Å². The van der Waals surface area contributed by atoms with Crippen molar-refractivity contribution in [3.63, 3.8) is 0 Å². The molecular formula is C10H11NOS. The number of benzene rings is 1. The lowest BCUT2D eigenvalue weighted by atomic mass is 10.1. The lowest BCUT2D eigenvalue weighted by Crippen LogP contribution is -1.94. The zero-order valence-electron chi connectivity index (χ0n) is 7.18. The number of hydrogen-bond donors (Lipinski definition) is 1. The van der Waals surface area contributed by atoms with E-state index in [2.05, 4.69) is 17.1 Å². The second kappa shape index (κ2) is 3.94. The van der Waals surface area contributed by atoms with Crippen LogP contribution in [0.3, 0.4) is 0 Å². The van der Waals surface area contributed by atoms with Crippen LogP contribution in [-0.4, -0.2) is 22.5 Å². The zero-order valence-corrected chi connectivity index (χ0v) is 8.00. The fourth-order valence-electron chi connectivity index (χ4n) is 1.36. The molecule has 2 nitrogen and oxygen atoms in total. The minimum Gasteiger partial charge on any atom is -0.390 e. The summed E-state index contributed by atoms with van der Waals surface area (Å²) in [5.41, 5.74) is 1.23. The topological polar surface area (TPSA) is 32.6 Å². The van der Waals surface area contributed by atoms with Crippen LogP contribution in [0.25, 0.3) is 0 Å². The first-order chi connectivity index (χ1) is 6.40. The first-order valence-electron chi connectivity index (χ1n) is 4.25. The Morgan fingerprint density at radius 2 is 2.15 bits per heavy atom. The van der Waals surface area contributed by atoms with Crippen LogP contribution in [0.15, 0.2) is 35.3 Å². The maximum Gasteiger partial charge on any atom is 0.0940 e. The van der Waals surface area contributed by atoms with Gasteiger partial charge < -0.3 is 5.11 Å². The molecule has 1 N–H and O–H groups in total. The summed E-state index contributed by atoms with van der Waals surface area (Å²) >= 11 is 1.65. The Bertz CT molecular complexity index is 310. The number of hydrogen-bond acceptors (Lipinski definition) is 3. The number of thioether (sulfide) groups is 1. The molecule has 13 heavy (non-hydrogen) atoms. The summed E-state index contributed by atoms with van der Waals surface area (Å²) in [7, 11) is 0. The van der Waals surface area contributed by atoms with E-state index < -0.39 is 0 Å². The molecule has 1 unspecified atom stereocenters. The highest BCUT2D eigenvalue weighted by atomic mass is 32.2. The number of aliphatic imine (C=N–C) groups is 1. The summed E-state index contributed by atoms with van der Waals surface area (Å²) in [5.74, 6) is 0.958. The van der Waals surface area contributed by atoms with Crippen molar-refractivity contribution in [2.45, 2.75) is 6.04 Å². The first-order valence-corrected chi connectivity index (χ1v) is 5.24. The monoisotopic (exact) mass is 193 g/mol. The fourth-order valence-corrected chi connectivity index (χ4v) is 2.27. The van der Waals surface area contributed by atoms with E-state index in [1.807, 2.05) is 18.2 Å². The molecule has 68 valence electrons. The molecule has 0 aromatic heterocycles. The van der Waals surface area contributed by atoms with Gasteiger partial charge in [0.1, 0.15) is 0 Å². The average molecular weight is 193 g/mol. The summed E-state index contributed by atoms with van der Waals surface area (Å²) in [6.45, 7) is 0.0774. The van der Waals surface area contributed by atoms with Crippen LogP contribution in [0.2, 0.25) is 0 Å². The van der Waals surface area contributed by atoms with Crippen LogP contribution < -0.4 is 0 Å². The third-order valence-corrected chi connectivity index (χ3v) is 3.08.